The minimum absolute atomic E-state index is 0.250. The van der Waals surface area contributed by atoms with Crippen molar-refractivity contribution in [2.45, 2.75) is 0 Å². The smallest absolute Gasteiger partial charge is 0.262 e. The van der Waals surface area contributed by atoms with E-state index in [1.165, 1.54) is 6.08 Å². The number of amides is 1. The molecule has 1 amide bonds. The van der Waals surface area contributed by atoms with E-state index in [1.807, 2.05) is 24.3 Å². The Hall–Kier alpha value is -2.82. The van der Waals surface area contributed by atoms with Gasteiger partial charge in [-0.2, -0.15) is 0 Å². The van der Waals surface area contributed by atoms with E-state index < -0.39 is 0 Å². The highest BCUT2D eigenvalue weighted by atomic mass is 16.3. The molecular formula is C14H11N3O2. The van der Waals surface area contributed by atoms with Crippen molar-refractivity contribution in [1.82, 2.24) is 9.66 Å². The average molecular weight is 253 g/mol. The van der Waals surface area contributed by atoms with E-state index in [0.29, 0.717) is 5.76 Å². The van der Waals surface area contributed by atoms with Crippen LogP contribution in [0.1, 0.15) is 5.76 Å². The molecule has 0 atom stereocenters. The Bertz CT molecular complexity index is 726. The molecule has 0 saturated heterocycles. The van der Waals surface area contributed by atoms with Crippen LogP contribution >= 0.6 is 0 Å². The molecule has 2 heterocycles. The van der Waals surface area contributed by atoms with Gasteiger partial charge in [-0.1, -0.05) is 12.1 Å². The summed E-state index contributed by atoms with van der Waals surface area (Å²) in [5, 5.41) is 0. The van der Waals surface area contributed by atoms with E-state index in [1.54, 1.807) is 35.5 Å². The highest BCUT2D eigenvalue weighted by molar-refractivity contribution is 5.98. The van der Waals surface area contributed by atoms with Crippen molar-refractivity contribution in [3.05, 3.63) is 60.8 Å². The first-order valence-electron chi connectivity index (χ1n) is 5.77. The Morgan fingerprint density at radius 2 is 2.16 bits per heavy atom. The standard InChI is InChI=1S/C14H11N3O2/c18-14(8-7-11-4-3-9-19-11)16-17-10-15-12-5-1-2-6-13(12)17/h1-10H,(H,16,18)/b8-7+. The van der Waals surface area contributed by atoms with Crippen LogP contribution in [0.2, 0.25) is 0 Å². The zero-order chi connectivity index (χ0) is 13.1. The molecule has 0 aliphatic heterocycles. The average Bonchev–Trinajstić information content (AvgIpc) is 3.07. The number of hydrogen-bond acceptors (Lipinski definition) is 3. The first-order chi connectivity index (χ1) is 9.33. The summed E-state index contributed by atoms with van der Waals surface area (Å²) < 4.78 is 6.69. The lowest BCUT2D eigenvalue weighted by Gasteiger charge is -2.03. The molecule has 0 unspecified atom stereocenters. The number of aromatic nitrogens is 2. The number of carbonyl (C=O) groups is 1. The summed E-state index contributed by atoms with van der Waals surface area (Å²) in [6.07, 6.45) is 6.15. The lowest BCUT2D eigenvalue weighted by molar-refractivity contribution is -0.112. The fourth-order valence-electron chi connectivity index (χ4n) is 1.75. The van der Waals surface area contributed by atoms with Gasteiger partial charge in [-0.3, -0.25) is 10.2 Å². The Balaban J connectivity index is 1.76. The monoisotopic (exact) mass is 253 g/mol. The first-order valence-corrected chi connectivity index (χ1v) is 5.77. The van der Waals surface area contributed by atoms with Crippen molar-refractivity contribution in [3.8, 4) is 0 Å². The summed E-state index contributed by atoms with van der Waals surface area (Å²) in [7, 11) is 0. The van der Waals surface area contributed by atoms with Crippen LogP contribution in [-0.2, 0) is 4.79 Å². The van der Waals surface area contributed by atoms with Gasteiger partial charge in [0.05, 0.1) is 17.3 Å². The summed E-state index contributed by atoms with van der Waals surface area (Å²) in [5.74, 6) is 0.380. The van der Waals surface area contributed by atoms with E-state index in [0.717, 1.165) is 11.0 Å². The summed E-state index contributed by atoms with van der Waals surface area (Å²) >= 11 is 0. The van der Waals surface area contributed by atoms with Gasteiger partial charge in [-0.15, -0.1) is 0 Å². The Morgan fingerprint density at radius 1 is 1.26 bits per heavy atom. The molecule has 94 valence electrons. The maximum atomic E-state index is 11.8. The van der Waals surface area contributed by atoms with Gasteiger partial charge < -0.3 is 4.42 Å². The molecule has 2 aromatic heterocycles. The third kappa shape index (κ3) is 2.40. The maximum Gasteiger partial charge on any atom is 0.262 e. The normalized spacial score (nSPS) is 11.2. The lowest BCUT2D eigenvalue weighted by atomic mass is 10.3. The van der Waals surface area contributed by atoms with Crippen molar-refractivity contribution >= 4 is 23.0 Å². The molecule has 1 aromatic carbocycles. The van der Waals surface area contributed by atoms with Crippen LogP contribution in [-0.4, -0.2) is 15.6 Å². The van der Waals surface area contributed by atoms with Crippen molar-refractivity contribution in [3.63, 3.8) is 0 Å². The topological polar surface area (TPSA) is 60.1 Å². The van der Waals surface area contributed by atoms with Gasteiger partial charge in [0.25, 0.3) is 5.91 Å². The van der Waals surface area contributed by atoms with Gasteiger partial charge in [0.2, 0.25) is 0 Å². The number of carbonyl (C=O) groups excluding carboxylic acids is 1. The summed E-state index contributed by atoms with van der Waals surface area (Å²) in [5.41, 5.74) is 4.39. The van der Waals surface area contributed by atoms with Crippen LogP contribution in [0, 0.1) is 0 Å². The van der Waals surface area contributed by atoms with E-state index in [-0.39, 0.29) is 5.91 Å². The number of nitrogens with zero attached hydrogens (tertiary/aromatic N) is 2. The zero-order valence-electron chi connectivity index (χ0n) is 9.98. The molecule has 0 aliphatic rings. The molecule has 5 heteroatoms. The molecule has 1 N–H and O–H groups in total. The Labute approximate surface area is 109 Å². The van der Waals surface area contributed by atoms with E-state index in [9.17, 15) is 4.79 Å². The molecule has 3 rings (SSSR count). The molecule has 0 bridgehead atoms. The second-order valence-electron chi connectivity index (χ2n) is 3.93. The molecule has 0 fully saturated rings. The highest BCUT2D eigenvalue weighted by Gasteiger charge is 2.03. The fraction of sp³-hybridized carbons (Fsp3) is 0. The van der Waals surface area contributed by atoms with Crippen LogP contribution in [0.3, 0.4) is 0 Å². The van der Waals surface area contributed by atoms with Crippen LogP contribution in [0.25, 0.3) is 17.1 Å². The van der Waals surface area contributed by atoms with E-state index >= 15 is 0 Å². The van der Waals surface area contributed by atoms with Gasteiger partial charge in [0.1, 0.15) is 12.1 Å². The second kappa shape index (κ2) is 4.81. The third-order valence-corrected chi connectivity index (χ3v) is 2.63. The minimum Gasteiger partial charge on any atom is -0.465 e. The molecule has 0 radical (unpaired) electrons. The lowest BCUT2D eigenvalue weighted by Crippen LogP contribution is -2.19. The predicted molar refractivity (Wildman–Crippen MR) is 71.8 cm³/mol. The Kier molecular flexibility index (Phi) is 2.86. The van der Waals surface area contributed by atoms with Crippen molar-refractivity contribution in [2.24, 2.45) is 0 Å². The number of benzene rings is 1. The highest BCUT2D eigenvalue weighted by Crippen LogP contribution is 2.10. The van der Waals surface area contributed by atoms with Crippen molar-refractivity contribution in [2.75, 3.05) is 5.43 Å². The summed E-state index contributed by atoms with van der Waals surface area (Å²) in [4.78, 5) is 15.9. The zero-order valence-corrected chi connectivity index (χ0v) is 9.98. The number of nitrogens with one attached hydrogen (secondary N) is 1. The van der Waals surface area contributed by atoms with Gasteiger partial charge in [-0.25, -0.2) is 9.66 Å². The fourth-order valence-corrected chi connectivity index (χ4v) is 1.75. The van der Waals surface area contributed by atoms with E-state index in [2.05, 4.69) is 10.4 Å². The first kappa shape index (κ1) is 11.3. The molecule has 0 spiro atoms. The van der Waals surface area contributed by atoms with Crippen LogP contribution in [0.5, 0.6) is 0 Å². The van der Waals surface area contributed by atoms with E-state index in [4.69, 9.17) is 4.42 Å². The maximum absolute atomic E-state index is 11.8. The number of imidazole rings is 1. The molecule has 19 heavy (non-hydrogen) atoms. The number of rotatable bonds is 3. The largest absolute Gasteiger partial charge is 0.465 e. The molecular weight excluding hydrogens is 242 g/mol. The molecule has 5 nitrogen and oxygen atoms in total. The van der Waals surface area contributed by atoms with Crippen LogP contribution < -0.4 is 5.43 Å². The number of hydrogen-bond donors (Lipinski definition) is 1. The van der Waals surface area contributed by atoms with Gasteiger partial charge in [-0.05, 0) is 30.3 Å². The molecule has 0 saturated carbocycles. The molecule has 0 aliphatic carbocycles. The second-order valence-corrected chi connectivity index (χ2v) is 3.93. The minimum atomic E-state index is -0.250. The van der Waals surface area contributed by atoms with Gasteiger partial charge in [0, 0.05) is 6.08 Å². The predicted octanol–water partition coefficient (Wildman–Crippen LogP) is 2.41. The summed E-state index contributed by atoms with van der Waals surface area (Å²) in [6, 6.07) is 11.1. The van der Waals surface area contributed by atoms with Crippen LogP contribution in [0.4, 0.5) is 0 Å². The van der Waals surface area contributed by atoms with Crippen LogP contribution in [0.15, 0.2) is 59.5 Å². The quantitative estimate of drug-likeness (QED) is 0.729. The number of fused-ring (bicyclic) bond motifs is 1. The van der Waals surface area contributed by atoms with Crippen molar-refractivity contribution in [1.29, 1.82) is 0 Å². The van der Waals surface area contributed by atoms with Gasteiger partial charge in [0.15, 0.2) is 0 Å². The van der Waals surface area contributed by atoms with Crippen molar-refractivity contribution < 1.29 is 9.21 Å². The summed E-state index contributed by atoms with van der Waals surface area (Å²) in [6.45, 7) is 0. The Morgan fingerprint density at radius 3 is 3.00 bits per heavy atom. The number of para-hydroxylation sites is 2. The third-order valence-electron chi connectivity index (χ3n) is 2.63. The number of furan rings is 1. The molecule has 3 aromatic rings. The van der Waals surface area contributed by atoms with Gasteiger partial charge >= 0.3 is 0 Å². The SMILES string of the molecule is O=C(/C=C/c1ccco1)Nn1cnc2ccccc21.